The van der Waals surface area contributed by atoms with Crippen molar-refractivity contribution in [3.05, 3.63) is 58.5 Å². The molecule has 0 saturated carbocycles. The Kier molecular flexibility index (Phi) is 3.49. The molecule has 0 bridgehead atoms. The van der Waals surface area contributed by atoms with Crippen molar-refractivity contribution in [1.29, 1.82) is 0 Å². The predicted octanol–water partition coefficient (Wildman–Crippen LogP) is 2.75. The summed E-state index contributed by atoms with van der Waals surface area (Å²) in [5, 5.41) is 7.21. The first kappa shape index (κ1) is 14.2. The minimum atomic E-state index is -0.131. The summed E-state index contributed by atoms with van der Waals surface area (Å²) < 4.78 is 7.73. The second-order valence-corrected chi connectivity index (χ2v) is 6.01. The average Bonchev–Trinajstić information content (AvgIpc) is 2.94. The highest BCUT2D eigenvalue weighted by molar-refractivity contribution is 9.10. The van der Waals surface area contributed by atoms with E-state index in [1.54, 1.807) is 22.8 Å². The highest BCUT2D eigenvalue weighted by atomic mass is 79.9. The quantitative estimate of drug-likeness (QED) is 0.750. The molecule has 3 heterocycles. The van der Waals surface area contributed by atoms with E-state index in [4.69, 9.17) is 4.74 Å². The Bertz CT molecular complexity index is 893. The summed E-state index contributed by atoms with van der Waals surface area (Å²) in [6.45, 7) is 0.595. The number of pyridine rings is 1. The Morgan fingerprint density at radius 1 is 1.35 bits per heavy atom. The lowest BCUT2D eigenvalue weighted by atomic mass is 10.0. The van der Waals surface area contributed by atoms with Crippen molar-refractivity contribution in [2.24, 2.45) is 0 Å². The number of aromatic nitrogens is 3. The lowest BCUT2D eigenvalue weighted by Gasteiger charge is -2.26. The van der Waals surface area contributed by atoms with Gasteiger partial charge in [0.15, 0.2) is 5.65 Å². The molecule has 0 spiro atoms. The normalized spacial score (nSPS) is 16.7. The zero-order chi connectivity index (χ0) is 15.8. The van der Waals surface area contributed by atoms with Crippen molar-refractivity contribution in [2.45, 2.75) is 12.5 Å². The molecule has 23 heavy (non-hydrogen) atoms. The SMILES string of the molecule is O=C(N[C@H]1CCOc2ccccc21)c1ccn2nc(Br)nc2c1. The van der Waals surface area contributed by atoms with Crippen molar-refractivity contribution in [3.63, 3.8) is 0 Å². The van der Waals surface area contributed by atoms with Crippen molar-refractivity contribution >= 4 is 27.5 Å². The molecule has 0 fully saturated rings. The molecule has 0 unspecified atom stereocenters. The molecule has 0 aliphatic carbocycles. The molecule has 1 aliphatic heterocycles. The van der Waals surface area contributed by atoms with Gasteiger partial charge in [0.1, 0.15) is 5.75 Å². The van der Waals surface area contributed by atoms with Crippen molar-refractivity contribution in [1.82, 2.24) is 19.9 Å². The van der Waals surface area contributed by atoms with Crippen molar-refractivity contribution in [3.8, 4) is 5.75 Å². The number of ether oxygens (including phenoxy) is 1. The van der Waals surface area contributed by atoms with Crippen LogP contribution in [0.1, 0.15) is 28.4 Å². The number of fused-ring (bicyclic) bond motifs is 2. The van der Waals surface area contributed by atoms with E-state index in [9.17, 15) is 4.79 Å². The molecule has 1 atom stereocenters. The van der Waals surface area contributed by atoms with E-state index in [-0.39, 0.29) is 11.9 Å². The Balaban J connectivity index is 1.60. The molecule has 0 radical (unpaired) electrons. The van der Waals surface area contributed by atoms with Crippen LogP contribution in [0.3, 0.4) is 0 Å². The highest BCUT2D eigenvalue weighted by Crippen LogP contribution is 2.31. The van der Waals surface area contributed by atoms with Crippen LogP contribution in [0, 0.1) is 0 Å². The maximum atomic E-state index is 12.6. The van der Waals surface area contributed by atoms with Crippen LogP contribution >= 0.6 is 15.9 Å². The van der Waals surface area contributed by atoms with Crippen LogP contribution in [-0.4, -0.2) is 27.1 Å². The third kappa shape index (κ3) is 2.68. The van der Waals surface area contributed by atoms with Crippen LogP contribution < -0.4 is 10.1 Å². The summed E-state index contributed by atoms with van der Waals surface area (Å²) in [7, 11) is 0. The number of carbonyl (C=O) groups excluding carboxylic acids is 1. The third-order valence-electron chi connectivity index (χ3n) is 3.84. The fourth-order valence-electron chi connectivity index (χ4n) is 2.73. The fourth-order valence-corrected chi connectivity index (χ4v) is 3.08. The number of benzene rings is 1. The number of carbonyl (C=O) groups is 1. The molecule has 1 aliphatic rings. The maximum Gasteiger partial charge on any atom is 0.251 e. The Labute approximate surface area is 140 Å². The second kappa shape index (κ2) is 5.66. The van der Waals surface area contributed by atoms with Gasteiger partial charge in [-0.2, -0.15) is 0 Å². The molecule has 4 rings (SSSR count). The van der Waals surface area contributed by atoms with Crippen LogP contribution in [0.4, 0.5) is 0 Å². The number of amides is 1. The first-order valence-electron chi connectivity index (χ1n) is 7.25. The maximum absolute atomic E-state index is 12.6. The molecule has 116 valence electrons. The minimum absolute atomic E-state index is 0.0479. The number of nitrogens with one attached hydrogen (secondary N) is 1. The average molecular weight is 373 g/mol. The lowest BCUT2D eigenvalue weighted by molar-refractivity contribution is 0.0925. The number of rotatable bonds is 2. The van der Waals surface area contributed by atoms with E-state index < -0.39 is 0 Å². The highest BCUT2D eigenvalue weighted by Gasteiger charge is 2.23. The standard InChI is InChI=1S/C16H13BrN4O2/c17-16-19-14-9-10(5-7-21(14)20-16)15(22)18-12-6-8-23-13-4-2-1-3-11(12)13/h1-5,7,9,12H,6,8H2,(H,18,22)/t12-/m0/s1. The predicted molar refractivity (Wildman–Crippen MR) is 87.4 cm³/mol. The van der Waals surface area contributed by atoms with Crippen molar-refractivity contribution < 1.29 is 9.53 Å². The van der Waals surface area contributed by atoms with E-state index in [1.807, 2.05) is 24.3 Å². The van der Waals surface area contributed by atoms with Crippen LogP contribution in [0.15, 0.2) is 47.3 Å². The minimum Gasteiger partial charge on any atom is -0.493 e. The Morgan fingerprint density at radius 3 is 3.13 bits per heavy atom. The summed E-state index contributed by atoms with van der Waals surface area (Å²) in [4.78, 5) is 16.8. The smallest absolute Gasteiger partial charge is 0.251 e. The van der Waals surface area contributed by atoms with Crippen LogP contribution in [-0.2, 0) is 0 Å². The van der Waals surface area contributed by atoms with Crippen LogP contribution in [0.25, 0.3) is 5.65 Å². The molecule has 2 aromatic heterocycles. The second-order valence-electron chi connectivity index (χ2n) is 5.30. The summed E-state index contributed by atoms with van der Waals surface area (Å²) in [5.74, 6) is 0.703. The van der Waals surface area contributed by atoms with Crippen LogP contribution in [0.2, 0.25) is 0 Å². The van der Waals surface area contributed by atoms with Gasteiger partial charge in [-0.3, -0.25) is 4.79 Å². The van der Waals surface area contributed by atoms with Gasteiger partial charge in [0.25, 0.3) is 5.91 Å². The summed E-state index contributed by atoms with van der Waals surface area (Å²) in [6, 6.07) is 11.2. The van der Waals surface area contributed by atoms with Gasteiger partial charge in [-0.05, 0) is 34.1 Å². The lowest BCUT2D eigenvalue weighted by Crippen LogP contribution is -2.32. The van der Waals surface area contributed by atoms with E-state index in [1.165, 1.54) is 0 Å². The number of nitrogens with zero attached hydrogens (tertiary/aromatic N) is 3. The van der Waals surface area contributed by atoms with Gasteiger partial charge in [-0.1, -0.05) is 18.2 Å². The van der Waals surface area contributed by atoms with Gasteiger partial charge >= 0.3 is 0 Å². The molecule has 3 aromatic rings. The molecular weight excluding hydrogens is 360 g/mol. The van der Waals surface area contributed by atoms with Gasteiger partial charge < -0.3 is 10.1 Å². The van der Waals surface area contributed by atoms with Gasteiger partial charge in [0.05, 0.1) is 12.6 Å². The van der Waals surface area contributed by atoms with E-state index >= 15 is 0 Å². The molecule has 6 nitrogen and oxygen atoms in total. The third-order valence-corrected chi connectivity index (χ3v) is 4.17. The Hall–Kier alpha value is -2.41. The number of halogens is 1. The number of hydrogen-bond acceptors (Lipinski definition) is 4. The number of para-hydroxylation sites is 1. The van der Waals surface area contributed by atoms with E-state index in [0.29, 0.717) is 22.6 Å². The molecule has 1 amide bonds. The van der Waals surface area contributed by atoms with Crippen LogP contribution in [0.5, 0.6) is 5.75 Å². The first-order valence-corrected chi connectivity index (χ1v) is 8.04. The zero-order valence-electron chi connectivity index (χ0n) is 12.1. The fraction of sp³-hybridized carbons (Fsp3) is 0.188. The summed E-state index contributed by atoms with van der Waals surface area (Å²) in [6.07, 6.45) is 2.47. The molecule has 1 N–H and O–H groups in total. The van der Waals surface area contributed by atoms with E-state index in [0.717, 1.165) is 17.7 Å². The number of hydrogen-bond donors (Lipinski definition) is 1. The topological polar surface area (TPSA) is 68.5 Å². The molecule has 0 saturated heterocycles. The summed E-state index contributed by atoms with van der Waals surface area (Å²) in [5.41, 5.74) is 2.19. The van der Waals surface area contributed by atoms with E-state index in [2.05, 4.69) is 31.3 Å². The zero-order valence-corrected chi connectivity index (χ0v) is 13.7. The monoisotopic (exact) mass is 372 g/mol. The molecule has 1 aromatic carbocycles. The summed E-state index contributed by atoms with van der Waals surface area (Å²) >= 11 is 3.23. The van der Waals surface area contributed by atoms with Crippen molar-refractivity contribution in [2.75, 3.05) is 6.61 Å². The van der Waals surface area contributed by atoms with Gasteiger partial charge in [0, 0.05) is 23.7 Å². The van der Waals surface area contributed by atoms with Gasteiger partial charge in [0.2, 0.25) is 4.73 Å². The Morgan fingerprint density at radius 2 is 2.22 bits per heavy atom. The molecular formula is C16H13BrN4O2. The van der Waals surface area contributed by atoms with Gasteiger partial charge in [-0.15, -0.1) is 5.10 Å². The van der Waals surface area contributed by atoms with Gasteiger partial charge in [-0.25, -0.2) is 9.50 Å². The first-order chi connectivity index (χ1) is 11.2. The largest absolute Gasteiger partial charge is 0.493 e. The molecule has 7 heteroatoms.